The van der Waals surface area contributed by atoms with Crippen LogP contribution in [-0.2, 0) is 6.42 Å². The summed E-state index contributed by atoms with van der Waals surface area (Å²) in [7, 11) is 0. The van der Waals surface area contributed by atoms with Crippen molar-refractivity contribution in [2.75, 3.05) is 0 Å². The van der Waals surface area contributed by atoms with E-state index in [0.717, 1.165) is 36.3 Å². The van der Waals surface area contributed by atoms with Crippen molar-refractivity contribution >= 4 is 11.3 Å². The zero-order chi connectivity index (χ0) is 13.8. The van der Waals surface area contributed by atoms with Crippen LogP contribution in [-0.4, -0.2) is 5.16 Å². The molecule has 0 unspecified atom stereocenters. The average molecular weight is 283 g/mol. The molecule has 0 saturated carbocycles. The maximum Gasteiger partial charge on any atom is 0.146 e. The Morgan fingerprint density at radius 3 is 2.65 bits per heavy atom. The van der Waals surface area contributed by atoms with E-state index in [0.29, 0.717) is 0 Å². The van der Waals surface area contributed by atoms with E-state index in [2.05, 4.69) is 41.7 Å². The normalized spacial score (nSPS) is 10.8. The van der Waals surface area contributed by atoms with Gasteiger partial charge < -0.3 is 4.52 Å². The predicted octanol–water partition coefficient (Wildman–Crippen LogP) is 5.41. The molecule has 3 aromatic rings. The Morgan fingerprint density at radius 1 is 1.10 bits per heavy atom. The number of unbranched alkanes of at least 4 members (excludes halogenated alkanes) is 1. The number of aryl methyl sites for hydroxylation is 1. The largest absolute Gasteiger partial charge is 0.360 e. The first kappa shape index (κ1) is 13.1. The summed E-state index contributed by atoms with van der Waals surface area (Å²) in [6, 6.07) is 14.5. The number of aromatic nitrogens is 1. The van der Waals surface area contributed by atoms with E-state index in [4.69, 9.17) is 4.52 Å². The Hall–Kier alpha value is -1.87. The lowest BCUT2D eigenvalue weighted by Gasteiger charge is -2.02. The van der Waals surface area contributed by atoms with E-state index < -0.39 is 0 Å². The molecule has 102 valence electrons. The number of hydrogen-bond acceptors (Lipinski definition) is 3. The van der Waals surface area contributed by atoms with Crippen LogP contribution >= 0.6 is 11.3 Å². The molecule has 1 aromatic carbocycles. The predicted molar refractivity (Wildman–Crippen MR) is 83.9 cm³/mol. The highest BCUT2D eigenvalue weighted by Crippen LogP contribution is 2.37. The zero-order valence-electron chi connectivity index (χ0n) is 11.5. The highest BCUT2D eigenvalue weighted by molar-refractivity contribution is 7.13. The second kappa shape index (κ2) is 6.06. The fourth-order valence-electron chi connectivity index (χ4n) is 2.30. The molecule has 0 radical (unpaired) electrons. The first-order valence-electron chi connectivity index (χ1n) is 6.98. The zero-order valence-corrected chi connectivity index (χ0v) is 12.3. The van der Waals surface area contributed by atoms with Crippen LogP contribution in [0.4, 0.5) is 0 Å². The van der Waals surface area contributed by atoms with Crippen LogP contribution in [0, 0.1) is 0 Å². The highest BCUT2D eigenvalue weighted by atomic mass is 32.1. The van der Waals surface area contributed by atoms with Gasteiger partial charge in [0.1, 0.15) is 11.5 Å². The molecule has 0 aliphatic rings. The van der Waals surface area contributed by atoms with Crippen molar-refractivity contribution in [2.24, 2.45) is 0 Å². The molecule has 2 nitrogen and oxygen atoms in total. The smallest absolute Gasteiger partial charge is 0.146 e. The van der Waals surface area contributed by atoms with Crippen molar-refractivity contribution in [3.8, 4) is 21.7 Å². The lowest BCUT2D eigenvalue weighted by atomic mass is 10.0. The summed E-state index contributed by atoms with van der Waals surface area (Å²) in [6.07, 6.45) is 3.23. The SMILES string of the molecule is CCCCc1onc(-c2ccccc2)c1-c1cccs1. The number of benzene rings is 1. The van der Waals surface area contributed by atoms with Crippen molar-refractivity contribution in [1.29, 1.82) is 0 Å². The topological polar surface area (TPSA) is 26.0 Å². The van der Waals surface area contributed by atoms with Gasteiger partial charge in [0.15, 0.2) is 0 Å². The first-order chi connectivity index (χ1) is 9.90. The minimum Gasteiger partial charge on any atom is -0.360 e. The van der Waals surface area contributed by atoms with Crippen molar-refractivity contribution < 1.29 is 4.52 Å². The molecule has 2 heterocycles. The molecule has 0 spiro atoms. The summed E-state index contributed by atoms with van der Waals surface area (Å²) in [5.74, 6) is 1.01. The van der Waals surface area contributed by atoms with Gasteiger partial charge in [-0.25, -0.2) is 0 Å². The maximum absolute atomic E-state index is 5.63. The summed E-state index contributed by atoms with van der Waals surface area (Å²) < 4.78 is 5.63. The van der Waals surface area contributed by atoms with Gasteiger partial charge in [-0.1, -0.05) is 54.9 Å². The molecule has 0 aliphatic heterocycles. The number of thiophene rings is 1. The van der Waals surface area contributed by atoms with Crippen LogP contribution in [0.15, 0.2) is 52.4 Å². The lowest BCUT2D eigenvalue weighted by molar-refractivity contribution is 0.383. The Labute approximate surface area is 123 Å². The third-order valence-electron chi connectivity index (χ3n) is 3.33. The summed E-state index contributed by atoms with van der Waals surface area (Å²) in [5, 5.41) is 6.42. The van der Waals surface area contributed by atoms with Crippen molar-refractivity contribution in [3.63, 3.8) is 0 Å². The summed E-state index contributed by atoms with van der Waals surface area (Å²) in [4.78, 5) is 1.23. The molecular formula is C17H17NOS. The molecule has 2 aromatic heterocycles. The van der Waals surface area contributed by atoms with Gasteiger partial charge in [0.25, 0.3) is 0 Å². The van der Waals surface area contributed by atoms with E-state index in [-0.39, 0.29) is 0 Å². The van der Waals surface area contributed by atoms with Gasteiger partial charge in [-0.2, -0.15) is 0 Å². The van der Waals surface area contributed by atoms with Gasteiger partial charge in [0, 0.05) is 16.9 Å². The first-order valence-corrected chi connectivity index (χ1v) is 7.86. The van der Waals surface area contributed by atoms with Gasteiger partial charge in [-0.15, -0.1) is 11.3 Å². The molecule has 0 bridgehead atoms. The Morgan fingerprint density at radius 2 is 1.95 bits per heavy atom. The third-order valence-corrected chi connectivity index (χ3v) is 4.22. The van der Waals surface area contributed by atoms with Gasteiger partial charge in [0.05, 0.1) is 5.56 Å². The Kier molecular flexibility index (Phi) is 3.97. The quantitative estimate of drug-likeness (QED) is 0.625. The summed E-state index contributed by atoms with van der Waals surface area (Å²) in [5.41, 5.74) is 3.24. The number of nitrogens with zero attached hydrogens (tertiary/aromatic N) is 1. The Bertz CT molecular complexity index is 656. The minimum absolute atomic E-state index is 0.948. The second-order valence-electron chi connectivity index (χ2n) is 4.78. The summed E-state index contributed by atoms with van der Waals surface area (Å²) in [6.45, 7) is 2.19. The van der Waals surface area contributed by atoms with Crippen molar-refractivity contribution in [1.82, 2.24) is 5.16 Å². The van der Waals surface area contributed by atoms with E-state index in [1.54, 1.807) is 11.3 Å². The van der Waals surface area contributed by atoms with Crippen LogP contribution in [0.2, 0.25) is 0 Å². The molecule has 3 rings (SSSR count). The lowest BCUT2D eigenvalue weighted by Crippen LogP contribution is -1.86. The van der Waals surface area contributed by atoms with Gasteiger partial charge in [-0.05, 0) is 17.9 Å². The number of rotatable bonds is 5. The standard InChI is InChI=1S/C17H17NOS/c1-2-3-10-14-16(15-11-7-12-20-15)17(18-19-14)13-8-5-4-6-9-13/h4-9,11-12H,2-3,10H2,1H3. The molecule has 0 amide bonds. The monoisotopic (exact) mass is 283 g/mol. The fourth-order valence-corrected chi connectivity index (χ4v) is 3.09. The van der Waals surface area contributed by atoms with Crippen LogP contribution in [0.25, 0.3) is 21.7 Å². The Balaban J connectivity index is 2.09. The van der Waals surface area contributed by atoms with E-state index in [1.165, 1.54) is 10.4 Å². The maximum atomic E-state index is 5.63. The van der Waals surface area contributed by atoms with Gasteiger partial charge in [0.2, 0.25) is 0 Å². The van der Waals surface area contributed by atoms with Crippen LogP contribution < -0.4 is 0 Å². The molecule has 0 aliphatic carbocycles. The molecule has 0 fully saturated rings. The van der Waals surface area contributed by atoms with E-state index in [9.17, 15) is 0 Å². The fraction of sp³-hybridized carbons (Fsp3) is 0.235. The van der Waals surface area contributed by atoms with Gasteiger partial charge in [-0.3, -0.25) is 0 Å². The minimum atomic E-state index is 0.948. The van der Waals surface area contributed by atoms with E-state index in [1.807, 2.05) is 18.2 Å². The molecule has 3 heteroatoms. The second-order valence-corrected chi connectivity index (χ2v) is 5.72. The van der Waals surface area contributed by atoms with Gasteiger partial charge >= 0.3 is 0 Å². The molecule has 20 heavy (non-hydrogen) atoms. The summed E-state index contributed by atoms with van der Waals surface area (Å²) >= 11 is 1.74. The third kappa shape index (κ3) is 2.54. The van der Waals surface area contributed by atoms with Crippen molar-refractivity contribution in [3.05, 3.63) is 53.6 Å². The molecule has 0 N–H and O–H groups in total. The average Bonchev–Trinajstić information content (AvgIpc) is 3.14. The van der Waals surface area contributed by atoms with Crippen LogP contribution in [0.1, 0.15) is 25.5 Å². The molecular weight excluding hydrogens is 266 g/mol. The van der Waals surface area contributed by atoms with E-state index >= 15 is 0 Å². The number of hydrogen-bond donors (Lipinski definition) is 0. The van der Waals surface area contributed by atoms with Crippen LogP contribution in [0.5, 0.6) is 0 Å². The molecule has 0 saturated heterocycles. The highest BCUT2D eigenvalue weighted by Gasteiger charge is 2.19. The van der Waals surface area contributed by atoms with Crippen molar-refractivity contribution in [2.45, 2.75) is 26.2 Å². The molecule has 0 atom stereocenters. The van der Waals surface area contributed by atoms with Crippen LogP contribution in [0.3, 0.4) is 0 Å².